The van der Waals surface area contributed by atoms with Gasteiger partial charge < -0.3 is 5.32 Å². The fourth-order valence-electron chi connectivity index (χ4n) is 1.37. The lowest BCUT2D eigenvalue weighted by molar-refractivity contribution is 0.478. The molecule has 0 aromatic carbocycles. The first kappa shape index (κ1) is 13.6. The molecule has 1 aromatic rings. The molecule has 86 valence electrons. The van der Waals surface area contributed by atoms with Gasteiger partial charge in [0.25, 0.3) is 0 Å². The zero-order valence-electron chi connectivity index (χ0n) is 9.22. The van der Waals surface area contributed by atoms with Crippen molar-refractivity contribution in [2.45, 2.75) is 25.7 Å². The van der Waals surface area contributed by atoms with Crippen molar-refractivity contribution in [3.8, 4) is 0 Å². The molecule has 1 rings (SSSR count). The SMILES string of the molecule is CC(C)(CNCCCS)c1ccc(Br)s1. The number of rotatable bonds is 6. The molecule has 0 radical (unpaired) electrons. The van der Waals surface area contributed by atoms with E-state index in [-0.39, 0.29) is 5.41 Å². The molecule has 0 atom stereocenters. The van der Waals surface area contributed by atoms with Crippen LogP contribution in [0.4, 0.5) is 0 Å². The Labute approximate surface area is 110 Å². The van der Waals surface area contributed by atoms with Crippen LogP contribution in [-0.2, 0) is 5.41 Å². The minimum Gasteiger partial charge on any atom is -0.316 e. The van der Waals surface area contributed by atoms with Crippen LogP contribution >= 0.6 is 39.9 Å². The molecule has 0 aliphatic rings. The van der Waals surface area contributed by atoms with Crippen LogP contribution in [-0.4, -0.2) is 18.8 Å². The van der Waals surface area contributed by atoms with Crippen molar-refractivity contribution in [1.29, 1.82) is 0 Å². The summed E-state index contributed by atoms with van der Waals surface area (Å²) < 4.78 is 1.21. The summed E-state index contributed by atoms with van der Waals surface area (Å²) >= 11 is 9.52. The van der Waals surface area contributed by atoms with Gasteiger partial charge in [0.1, 0.15) is 0 Å². The van der Waals surface area contributed by atoms with E-state index in [1.54, 1.807) is 0 Å². The third-order valence-electron chi connectivity index (χ3n) is 2.32. The molecule has 1 nitrogen and oxygen atoms in total. The maximum absolute atomic E-state index is 4.20. The Morgan fingerprint density at radius 1 is 1.47 bits per heavy atom. The molecule has 0 aliphatic carbocycles. The largest absolute Gasteiger partial charge is 0.316 e. The normalized spacial score (nSPS) is 12.0. The molecule has 0 bridgehead atoms. The standard InChI is InChI=1S/C11H18BrNS2/c1-11(2,8-13-6-3-7-14)9-4-5-10(12)15-9/h4-5,13-14H,3,6-8H2,1-2H3. The molecule has 0 fully saturated rings. The number of halogens is 1. The molecule has 0 saturated carbocycles. The molecule has 0 aliphatic heterocycles. The van der Waals surface area contributed by atoms with Gasteiger partial charge in [0.05, 0.1) is 3.79 Å². The van der Waals surface area contributed by atoms with Crippen LogP contribution in [0.25, 0.3) is 0 Å². The van der Waals surface area contributed by atoms with Crippen molar-refractivity contribution in [1.82, 2.24) is 5.32 Å². The van der Waals surface area contributed by atoms with Crippen molar-refractivity contribution in [3.63, 3.8) is 0 Å². The molecule has 0 saturated heterocycles. The molecule has 0 spiro atoms. The van der Waals surface area contributed by atoms with Gasteiger partial charge in [-0.05, 0) is 46.8 Å². The molecule has 0 amide bonds. The van der Waals surface area contributed by atoms with Crippen LogP contribution in [0, 0.1) is 0 Å². The third kappa shape index (κ3) is 4.47. The molecule has 1 heterocycles. The van der Waals surface area contributed by atoms with E-state index in [2.05, 4.69) is 59.9 Å². The Hall–Kier alpha value is 0.490. The van der Waals surface area contributed by atoms with Gasteiger partial charge in [-0.1, -0.05) is 13.8 Å². The van der Waals surface area contributed by atoms with Gasteiger partial charge in [0.15, 0.2) is 0 Å². The monoisotopic (exact) mass is 307 g/mol. The van der Waals surface area contributed by atoms with Gasteiger partial charge in [-0.3, -0.25) is 0 Å². The lowest BCUT2D eigenvalue weighted by Crippen LogP contribution is -2.32. The summed E-state index contributed by atoms with van der Waals surface area (Å²) in [6.07, 6.45) is 1.13. The summed E-state index contributed by atoms with van der Waals surface area (Å²) in [6, 6.07) is 4.32. The highest BCUT2D eigenvalue weighted by Gasteiger charge is 2.21. The molecule has 4 heteroatoms. The number of hydrogen-bond donors (Lipinski definition) is 2. The maximum atomic E-state index is 4.20. The van der Waals surface area contributed by atoms with Crippen LogP contribution in [0.1, 0.15) is 25.1 Å². The van der Waals surface area contributed by atoms with Gasteiger partial charge in [0.2, 0.25) is 0 Å². The highest BCUT2D eigenvalue weighted by molar-refractivity contribution is 9.11. The second-order valence-corrected chi connectivity index (χ2v) is 7.15. The van der Waals surface area contributed by atoms with E-state index < -0.39 is 0 Å². The maximum Gasteiger partial charge on any atom is 0.0701 e. The first-order valence-corrected chi connectivity index (χ1v) is 7.38. The molecule has 0 unspecified atom stereocenters. The minimum absolute atomic E-state index is 0.216. The van der Waals surface area contributed by atoms with E-state index in [4.69, 9.17) is 0 Å². The molecule has 1 N–H and O–H groups in total. The van der Waals surface area contributed by atoms with Crippen LogP contribution in [0.15, 0.2) is 15.9 Å². The van der Waals surface area contributed by atoms with E-state index in [0.717, 1.165) is 25.3 Å². The van der Waals surface area contributed by atoms with E-state index in [1.165, 1.54) is 8.66 Å². The van der Waals surface area contributed by atoms with Gasteiger partial charge in [-0.25, -0.2) is 0 Å². The number of nitrogens with one attached hydrogen (secondary N) is 1. The Bertz CT molecular complexity index is 297. The van der Waals surface area contributed by atoms with E-state index >= 15 is 0 Å². The zero-order chi connectivity index (χ0) is 11.3. The van der Waals surface area contributed by atoms with E-state index in [1.807, 2.05) is 11.3 Å². The lowest BCUT2D eigenvalue weighted by Gasteiger charge is -2.23. The molecule has 1 aromatic heterocycles. The first-order chi connectivity index (χ1) is 7.06. The summed E-state index contributed by atoms with van der Waals surface area (Å²) in [5.41, 5.74) is 0.216. The van der Waals surface area contributed by atoms with Crippen molar-refractivity contribution < 1.29 is 0 Å². The van der Waals surface area contributed by atoms with Crippen LogP contribution in [0.5, 0.6) is 0 Å². The Kier molecular flexibility index (Phi) is 5.68. The fourth-order valence-corrected chi connectivity index (χ4v) is 3.01. The smallest absolute Gasteiger partial charge is 0.0701 e. The average Bonchev–Trinajstić information content (AvgIpc) is 2.60. The van der Waals surface area contributed by atoms with Crippen LogP contribution in [0.2, 0.25) is 0 Å². The molecular weight excluding hydrogens is 290 g/mol. The van der Waals surface area contributed by atoms with Gasteiger partial charge in [-0.15, -0.1) is 11.3 Å². The number of thiophene rings is 1. The first-order valence-electron chi connectivity index (χ1n) is 5.13. The number of thiol groups is 1. The zero-order valence-corrected chi connectivity index (χ0v) is 12.5. The number of hydrogen-bond acceptors (Lipinski definition) is 3. The van der Waals surface area contributed by atoms with E-state index in [9.17, 15) is 0 Å². The van der Waals surface area contributed by atoms with Crippen molar-refractivity contribution in [2.24, 2.45) is 0 Å². The fraction of sp³-hybridized carbons (Fsp3) is 0.636. The van der Waals surface area contributed by atoms with Crippen molar-refractivity contribution in [3.05, 3.63) is 20.8 Å². The van der Waals surface area contributed by atoms with Gasteiger partial charge >= 0.3 is 0 Å². The van der Waals surface area contributed by atoms with E-state index in [0.29, 0.717) is 0 Å². The van der Waals surface area contributed by atoms with Crippen LogP contribution in [0.3, 0.4) is 0 Å². The summed E-state index contributed by atoms with van der Waals surface area (Å²) in [6.45, 7) is 6.63. The molecule has 15 heavy (non-hydrogen) atoms. The highest BCUT2D eigenvalue weighted by Crippen LogP contribution is 2.32. The summed E-state index contributed by atoms with van der Waals surface area (Å²) in [4.78, 5) is 1.42. The Morgan fingerprint density at radius 3 is 2.73 bits per heavy atom. The summed E-state index contributed by atoms with van der Waals surface area (Å²) in [7, 11) is 0. The predicted molar refractivity (Wildman–Crippen MR) is 76.4 cm³/mol. The average molecular weight is 308 g/mol. The second kappa shape index (κ2) is 6.28. The predicted octanol–water partition coefficient (Wildman–Crippen LogP) is 3.70. The van der Waals surface area contributed by atoms with Crippen molar-refractivity contribution in [2.75, 3.05) is 18.8 Å². The highest BCUT2D eigenvalue weighted by atomic mass is 79.9. The second-order valence-electron chi connectivity index (χ2n) is 4.24. The third-order valence-corrected chi connectivity index (χ3v) is 4.62. The van der Waals surface area contributed by atoms with Crippen LogP contribution < -0.4 is 5.32 Å². The molecular formula is C11H18BrNS2. The Balaban J connectivity index is 2.44. The topological polar surface area (TPSA) is 12.0 Å². The Morgan fingerprint density at radius 2 is 2.20 bits per heavy atom. The summed E-state index contributed by atoms with van der Waals surface area (Å²) in [5.74, 6) is 0.956. The minimum atomic E-state index is 0.216. The van der Waals surface area contributed by atoms with Gasteiger partial charge in [0, 0.05) is 16.8 Å². The lowest BCUT2D eigenvalue weighted by atomic mass is 9.91. The van der Waals surface area contributed by atoms with Crippen molar-refractivity contribution >= 4 is 39.9 Å². The van der Waals surface area contributed by atoms with Gasteiger partial charge in [-0.2, -0.15) is 12.6 Å². The summed E-state index contributed by atoms with van der Waals surface area (Å²) in [5, 5.41) is 3.48. The quantitative estimate of drug-likeness (QED) is 0.603.